The lowest BCUT2D eigenvalue weighted by atomic mass is 9.83. The van der Waals surface area contributed by atoms with Gasteiger partial charge in [0, 0.05) is 11.6 Å². The van der Waals surface area contributed by atoms with Gasteiger partial charge in [0.1, 0.15) is 34.7 Å². The smallest absolute Gasteiger partial charge is 0.343 e. The molecule has 4 rings (SSSR count). The minimum atomic E-state index is -0.533. The number of carbonyl (C=O) groups is 1. The summed E-state index contributed by atoms with van der Waals surface area (Å²) < 4.78 is 30.3. The van der Waals surface area contributed by atoms with Crippen LogP contribution in [0.5, 0.6) is 17.2 Å². The Bertz CT molecular complexity index is 1280. The number of unbranched alkanes of at least 4 members (excludes halogenated alkanes) is 2. The fraction of sp³-hybridized carbons (Fsp3) is 0.214. The van der Waals surface area contributed by atoms with Gasteiger partial charge in [0.15, 0.2) is 0 Å². The Morgan fingerprint density at radius 2 is 1.77 bits per heavy atom. The number of fused-ring (bicyclic) bond motifs is 1. The van der Waals surface area contributed by atoms with E-state index >= 15 is 0 Å². The van der Waals surface area contributed by atoms with E-state index in [0.29, 0.717) is 34.8 Å². The van der Waals surface area contributed by atoms with Gasteiger partial charge in [-0.15, -0.1) is 0 Å². The number of allylic oxidation sites excluding steroid dienone is 1. The Labute approximate surface area is 203 Å². The molecule has 0 aromatic heterocycles. The zero-order chi connectivity index (χ0) is 24.8. The normalized spacial score (nSPS) is 14.5. The molecule has 0 fully saturated rings. The minimum Gasteiger partial charge on any atom is -0.494 e. The van der Waals surface area contributed by atoms with Crippen LogP contribution in [0.3, 0.4) is 0 Å². The second-order valence-electron chi connectivity index (χ2n) is 8.15. The van der Waals surface area contributed by atoms with Crippen molar-refractivity contribution in [3.05, 3.63) is 101 Å². The first-order chi connectivity index (χ1) is 17.0. The van der Waals surface area contributed by atoms with Crippen LogP contribution in [0.1, 0.15) is 53.6 Å². The molecule has 2 N–H and O–H groups in total. The molecule has 1 heterocycles. The van der Waals surface area contributed by atoms with Crippen LogP contribution < -0.4 is 19.9 Å². The van der Waals surface area contributed by atoms with Crippen molar-refractivity contribution in [3.8, 4) is 23.3 Å². The lowest BCUT2D eigenvalue weighted by Gasteiger charge is -2.26. The molecule has 1 aliphatic heterocycles. The largest absolute Gasteiger partial charge is 0.494 e. The molecule has 0 radical (unpaired) electrons. The molecule has 1 aliphatic rings. The average molecular weight is 473 g/mol. The quantitative estimate of drug-likeness (QED) is 0.252. The van der Waals surface area contributed by atoms with E-state index in [9.17, 15) is 14.4 Å². The number of ether oxygens (including phenoxy) is 3. The summed E-state index contributed by atoms with van der Waals surface area (Å²) in [6.07, 6.45) is 3.22. The third-order valence-corrected chi connectivity index (χ3v) is 5.71. The average Bonchev–Trinajstić information content (AvgIpc) is 2.86. The summed E-state index contributed by atoms with van der Waals surface area (Å²) in [4.78, 5) is 12.7. The fourth-order valence-electron chi connectivity index (χ4n) is 3.89. The fourth-order valence-corrected chi connectivity index (χ4v) is 3.89. The van der Waals surface area contributed by atoms with Crippen molar-refractivity contribution in [1.29, 1.82) is 5.26 Å². The number of nitrogens with two attached hydrogens (primary N) is 1. The number of benzene rings is 3. The number of hydrogen-bond donors (Lipinski definition) is 1. The van der Waals surface area contributed by atoms with Gasteiger partial charge < -0.3 is 19.9 Å². The Morgan fingerprint density at radius 3 is 2.46 bits per heavy atom. The molecule has 3 aromatic rings. The first kappa shape index (κ1) is 23.8. The van der Waals surface area contributed by atoms with Crippen LogP contribution in [0.4, 0.5) is 4.39 Å². The van der Waals surface area contributed by atoms with Crippen molar-refractivity contribution in [2.24, 2.45) is 5.73 Å². The topological polar surface area (TPSA) is 94.6 Å². The zero-order valence-electron chi connectivity index (χ0n) is 19.3. The van der Waals surface area contributed by atoms with Crippen LogP contribution in [0.2, 0.25) is 0 Å². The van der Waals surface area contributed by atoms with Crippen LogP contribution >= 0.6 is 0 Å². The Morgan fingerprint density at radius 1 is 1.06 bits per heavy atom. The van der Waals surface area contributed by atoms with Gasteiger partial charge in [-0.25, -0.2) is 9.18 Å². The van der Waals surface area contributed by atoms with Gasteiger partial charge in [0.25, 0.3) is 0 Å². The Hall–Kier alpha value is -4.31. The molecule has 178 valence electrons. The molecule has 6 nitrogen and oxygen atoms in total. The number of nitriles is 1. The van der Waals surface area contributed by atoms with Crippen LogP contribution in [-0.2, 0) is 0 Å². The van der Waals surface area contributed by atoms with Gasteiger partial charge in [0.05, 0.1) is 18.1 Å². The second kappa shape index (κ2) is 10.7. The molecule has 7 heteroatoms. The number of hydrogen-bond acceptors (Lipinski definition) is 6. The molecule has 0 aliphatic carbocycles. The molecule has 3 aromatic carbocycles. The first-order valence-corrected chi connectivity index (χ1v) is 11.4. The summed E-state index contributed by atoms with van der Waals surface area (Å²) in [6.45, 7) is 2.77. The van der Waals surface area contributed by atoms with E-state index in [1.807, 2.05) is 0 Å². The Balaban J connectivity index is 1.51. The monoisotopic (exact) mass is 472 g/mol. The first-order valence-electron chi connectivity index (χ1n) is 11.4. The van der Waals surface area contributed by atoms with Crippen LogP contribution in [0, 0.1) is 17.1 Å². The number of rotatable bonds is 8. The highest BCUT2D eigenvalue weighted by Crippen LogP contribution is 2.43. The predicted molar refractivity (Wildman–Crippen MR) is 129 cm³/mol. The van der Waals surface area contributed by atoms with Crippen molar-refractivity contribution in [2.45, 2.75) is 32.1 Å². The third-order valence-electron chi connectivity index (χ3n) is 5.71. The number of esters is 1. The summed E-state index contributed by atoms with van der Waals surface area (Å²) >= 11 is 0. The molecule has 0 amide bonds. The van der Waals surface area contributed by atoms with Gasteiger partial charge in [0.2, 0.25) is 5.88 Å². The number of halogens is 1. The summed E-state index contributed by atoms with van der Waals surface area (Å²) in [7, 11) is 0. The van der Waals surface area contributed by atoms with Crippen LogP contribution in [-0.4, -0.2) is 12.6 Å². The van der Waals surface area contributed by atoms with Crippen molar-refractivity contribution in [1.82, 2.24) is 0 Å². The maximum Gasteiger partial charge on any atom is 0.343 e. The summed E-state index contributed by atoms with van der Waals surface area (Å²) in [5.74, 6) is -0.172. The van der Waals surface area contributed by atoms with Gasteiger partial charge >= 0.3 is 5.97 Å². The maximum atomic E-state index is 13.4. The lowest BCUT2D eigenvalue weighted by molar-refractivity contribution is 0.0734. The molecule has 0 saturated carbocycles. The molecule has 1 unspecified atom stereocenters. The van der Waals surface area contributed by atoms with Crippen LogP contribution in [0.15, 0.2) is 78.2 Å². The van der Waals surface area contributed by atoms with E-state index in [1.54, 1.807) is 54.6 Å². The third kappa shape index (κ3) is 5.44. The second-order valence-corrected chi connectivity index (χ2v) is 8.15. The highest BCUT2D eigenvalue weighted by atomic mass is 19.1. The molecule has 35 heavy (non-hydrogen) atoms. The summed E-state index contributed by atoms with van der Waals surface area (Å²) in [6, 6.07) is 19.6. The van der Waals surface area contributed by atoms with Crippen LogP contribution in [0.25, 0.3) is 0 Å². The van der Waals surface area contributed by atoms with Gasteiger partial charge in [-0.05, 0) is 54.4 Å². The Kier molecular flexibility index (Phi) is 7.32. The van der Waals surface area contributed by atoms with Gasteiger partial charge in [-0.1, -0.05) is 38.0 Å². The minimum absolute atomic E-state index is 0.0488. The summed E-state index contributed by atoms with van der Waals surface area (Å²) in [5, 5.41) is 9.64. The van der Waals surface area contributed by atoms with Crippen molar-refractivity contribution in [2.75, 3.05) is 6.61 Å². The predicted octanol–water partition coefficient (Wildman–Crippen LogP) is 5.83. The van der Waals surface area contributed by atoms with E-state index in [2.05, 4.69) is 13.0 Å². The van der Waals surface area contributed by atoms with Gasteiger partial charge in [-0.3, -0.25) is 0 Å². The van der Waals surface area contributed by atoms with Crippen molar-refractivity contribution < 1.29 is 23.4 Å². The SMILES string of the molecule is CCCCCOc1ccc(C(=O)Oc2ccc3c(c2)OC(N)=C(C#N)C3c2ccc(F)cc2)cc1. The highest BCUT2D eigenvalue weighted by Gasteiger charge is 2.31. The number of carbonyl (C=O) groups excluding carboxylic acids is 1. The molecule has 0 bridgehead atoms. The molecule has 0 saturated heterocycles. The van der Waals surface area contributed by atoms with E-state index in [-0.39, 0.29) is 23.0 Å². The zero-order valence-corrected chi connectivity index (χ0v) is 19.3. The van der Waals surface area contributed by atoms with Crippen molar-refractivity contribution in [3.63, 3.8) is 0 Å². The highest BCUT2D eigenvalue weighted by molar-refractivity contribution is 5.91. The van der Waals surface area contributed by atoms with E-state index in [1.165, 1.54) is 12.1 Å². The number of nitrogens with zero attached hydrogens (tertiary/aromatic N) is 1. The molecule has 1 atom stereocenters. The van der Waals surface area contributed by atoms with E-state index < -0.39 is 11.9 Å². The van der Waals surface area contributed by atoms with E-state index in [4.69, 9.17) is 19.9 Å². The van der Waals surface area contributed by atoms with Gasteiger partial charge in [-0.2, -0.15) is 5.26 Å². The standard InChI is InChI=1S/C28H25FN2O4/c1-2-3-4-15-33-21-11-7-19(8-12-21)28(32)34-22-13-14-23-25(16-22)35-27(31)24(17-30)26(23)18-5-9-20(29)10-6-18/h5-14,16,26H,2-4,15,31H2,1H3. The van der Waals surface area contributed by atoms with E-state index in [0.717, 1.165) is 19.3 Å². The summed E-state index contributed by atoms with van der Waals surface area (Å²) in [5.41, 5.74) is 7.96. The maximum absolute atomic E-state index is 13.4. The molecular weight excluding hydrogens is 447 g/mol. The van der Waals surface area contributed by atoms with Crippen molar-refractivity contribution >= 4 is 5.97 Å². The molecule has 0 spiro atoms. The molecular formula is C28H25FN2O4. The lowest BCUT2D eigenvalue weighted by Crippen LogP contribution is -2.21.